The van der Waals surface area contributed by atoms with E-state index in [4.69, 9.17) is 0 Å². The summed E-state index contributed by atoms with van der Waals surface area (Å²) in [5.41, 5.74) is 0.393. The molecule has 32 heavy (non-hydrogen) atoms. The maximum atomic E-state index is 13.2. The Labute approximate surface area is 180 Å². The minimum atomic E-state index is -4.72. The van der Waals surface area contributed by atoms with Crippen LogP contribution in [0.15, 0.2) is 35.5 Å². The summed E-state index contributed by atoms with van der Waals surface area (Å²) in [6, 6.07) is 5.64. The first-order chi connectivity index (χ1) is 15.3. The molecule has 0 spiro atoms. The van der Waals surface area contributed by atoms with Gasteiger partial charge in [-0.05, 0) is 36.2 Å². The van der Waals surface area contributed by atoms with Gasteiger partial charge in [0.1, 0.15) is 11.4 Å². The van der Waals surface area contributed by atoms with Gasteiger partial charge in [-0.1, -0.05) is 0 Å². The molecule has 1 saturated heterocycles. The predicted octanol–water partition coefficient (Wildman–Crippen LogP) is 2.84. The van der Waals surface area contributed by atoms with Crippen LogP contribution in [0.4, 0.5) is 19.0 Å². The number of aryl methyl sites for hydroxylation is 1. The van der Waals surface area contributed by atoms with Crippen LogP contribution in [0.5, 0.6) is 0 Å². The molecule has 0 aromatic carbocycles. The first-order valence-corrected chi connectivity index (χ1v) is 10.2. The Bertz CT molecular complexity index is 1350. The molecule has 0 aliphatic carbocycles. The van der Waals surface area contributed by atoms with Gasteiger partial charge in [-0.3, -0.25) is 14.7 Å². The standard InChI is InChI=1S/C21H20F3N7O/c1-12-17(21(22,23)24)20(32)28-15-8-13(9-25-18(12)15)10-30-4-6-31(7-5-30)16-3-2-14-19(29-16)27-11-26-14/h2-3,8-9,11H,4-7,10H2,1H3,(H,28,32)(H,26,27,29). The number of hydrogen-bond donors (Lipinski definition) is 2. The Morgan fingerprint density at radius 1 is 1.09 bits per heavy atom. The Hall–Kier alpha value is -3.47. The van der Waals surface area contributed by atoms with Gasteiger partial charge in [0.05, 0.1) is 22.9 Å². The van der Waals surface area contributed by atoms with E-state index in [1.54, 1.807) is 18.6 Å². The quantitative estimate of drug-likeness (QED) is 0.506. The fraction of sp³-hybridized carbons (Fsp3) is 0.333. The van der Waals surface area contributed by atoms with Gasteiger partial charge in [0.2, 0.25) is 0 Å². The van der Waals surface area contributed by atoms with Gasteiger partial charge in [0.25, 0.3) is 5.56 Å². The minimum absolute atomic E-state index is 0.155. The van der Waals surface area contributed by atoms with Crippen molar-refractivity contribution in [2.75, 3.05) is 31.1 Å². The van der Waals surface area contributed by atoms with E-state index in [1.165, 1.54) is 6.92 Å². The van der Waals surface area contributed by atoms with E-state index in [0.29, 0.717) is 17.7 Å². The van der Waals surface area contributed by atoms with E-state index < -0.39 is 17.3 Å². The number of aromatic amines is 2. The van der Waals surface area contributed by atoms with E-state index in [-0.39, 0.29) is 11.1 Å². The minimum Gasteiger partial charge on any atom is -0.354 e. The molecule has 0 bridgehead atoms. The number of anilines is 1. The van der Waals surface area contributed by atoms with Crippen LogP contribution in [0.1, 0.15) is 16.7 Å². The predicted molar refractivity (Wildman–Crippen MR) is 113 cm³/mol. The van der Waals surface area contributed by atoms with E-state index in [1.807, 2.05) is 12.1 Å². The van der Waals surface area contributed by atoms with Gasteiger partial charge < -0.3 is 14.9 Å². The van der Waals surface area contributed by atoms with Crippen molar-refractivity contribution in [2.24, 2.45) is 0 Å². The SMILES string of the molecule is Cc1c(C(F)(F)F)c(=O)[nH]c2cc(CN3CCN(c4ccc5[nH]cnc5n4)CC3)cnc12. The highest BCUT2D eigenvalue weighted by Crippen LogP contribution is 2.31. The molecular formula is C21H20F3N7O. The van der Waals surface area contributed by atoms with Crippen LogP contribution in [0.2, 0.25) is 0 Å². The smallest absolute Gasteiger partial charge is 0.354 e. The van der Waals surface area contributed by atoms with Crippen LogP contribution in [0, 0.1) is 6.92 Å². The number of pyridine rings is 3. The summed E-state index contributed by atoms with van der Waals surface area (Å²) >= 11 is 0. The summed E-state index contributed by atoms with van der Waals surface area (Å²) in [6.45, 7) is 5.02. The van der Waals surface area contributed by atoms with Gasteiger partial charge in [0.15, 0.2) is 5.65 Å². The third-order valence-electron chi connectivity index (χ3n) is 5.80. The molecule has 5 heterocycles. The molecule has 1 aliphatic rings. The molecule has 0 saturated carbocycles. The second-order valence-electron chi connectivity index (χ2n) is 7.90. The highest BCUT2D eigenvalue weighted by Gasteiger charge is 2.36. The number of halogens is 3. The first-order valence-electron chi connectivity index (χ1n) is 10.2. The van der Waals surface area contributed by atoms with Crippen molar-refractivity contribution in [1.82, 2.24) is 29.8 Å². The van der Waals surface area contributed by atoms with Crippen molar-refractivity contribution in [3.63, 3.8) is 0 Å². The second-order valence-corrected chi connectivity index (χ2v) is 7.90. The Morgan fingerprint density at radius 3 is 2.62 bits per heavy atom. The maximum Gasteiger partial charge on any atom is 0.422 e. The lowest BCUT2D eigenvalue weighted by Crippen LogP contribution is -2.46. The Morgan fingerprint density at radius 2 is 1.88 bits per heavy atom. The molecule has 4 aromatic rings. The normalized spacial score (nSPS) is 15.7. The number of rotatable bonds is 3. The third-order valence-corrected chi connectivity index (χ3v) is 5.80. The van der Waals surface area contributed by atoms with Gasteiger partial charge in [0, 0.05) is 38.9 Å². The van der Waals surface area contributed by atoms with Crippen molar-refractivity contribution in [3.05, 3.63) is 57.8 Å². The lowest BCUT2D eigenvalue weighted by atomic mass is 10.1. The van der Waals surface area contributed by atoms with Crippen LogP contribution in [0.25, 0.3) is 22.2 Å². The number of hydrogen-bond acceptors (Lipinski definition) is 6. The van der Waals surface area contributed by atoms with Crippen LogP contribution in [0.3, 0.4) is 0 Å². The van der Waals surface area contributed by atoms with Crippen molar-refractivity contribution >= 4 is 28.0 Å². The van der Waals surface area contributed by atoms with Crippen LogP contribution < -0.4 is 10.5 Å². The number of piperazine rings is 1. The summed E-state index contributed by atoms with van der Waals surface area (Å²) < 4.78 is 39.5. The Balaban J connectivity index is 1.30. The lowest BCUT2D eigenvalue weighted by molar-refractivity contribution is -0.139. The zero-order valence-electron chi connectivity index (χ0n) is 17.2. The zero-order valence-corrected chi connectivity index (χ0v) is 17.2. The molecule has 0 atom stereocenters. The number of nitrogens with zero attached hydrogens (tertiary/aromatic N) is 5. The number of H-pyrrole nitrogens is 2. The number of fused-ring (bicyclic) bond motifs is 2. The van der Waals surface area contributed by atoms with Crippen LogP contribution in [-0.2, 0) is 12.7 Å². The molecule has 8 nitrogen and oxygen atoms in total. The van der Waals surface area contributed by atoms with Crippen LogP contribution in [-0.4, -0.2) is 56.0 Å². The summed E-state index contributed by atoms with van der Waals surface area (Å²) in [4.78, 5) is 34.8. The molecule has 0 unspecified atom stereocenters. The zero-order chi connectivity index (χ0) is 22.5. The molecular weight excluding hydrogens is 423 g/mol. The number of aromatic nitrogens is 5. The molecule has 0 radical (unpaired) electrons. The third kappa shape index (κ3) is 3.68. The highest BCUT2D eigenvalue weighted by atomic mass is 19.4. The molecule has 1 fully saturated rings. The van der Waals surface area contributed by atoms with Crippen molar-refractivity contribution in [2.45, 2.75) is 19.6 Å². The highest BCUT2D eigenvalue weighted by molar-refractivity contribution is 5.79. The largest absolute Gasteiger partial charge is 0.422 e. The second kappa shape index (κ2) is 7.59. The molecule has 1 aliphatic heterocycles. The summed E-state index contributed by atoms with van der Waals surface area (Å²) in [6.07, 6.45) is -1.52. The van der Waals surface area contributed by atoms with Gasteiger partial charge >= 0.3 is 6.18 Å². The monoisotopic (exact) mass is 443 g/mol. The van der Waals surface area contributed by atoms with E-state index in [9.17, 15) is 18.0 Å². The molecule has 166 valence electrons. The molecule has 0 amide bonds. The number of nitrogens with one attached hydrogen (secondary N) is 2. The molecule has 11 heteroatoms. The fourth-order valence-electron chi connectivity index (χ4n) is 4.19. The molecule has 5 rings (SSSR count). The topological polar surface area (TPSA) is 93.8 Å². The van der Waals surface area contributed by atoms with E-state index in [2.05, 4.69) is 34.7 Å². The van der Waals surface area contributed by atoms with Gasteiger partial charge in [-0.2, -0.15) is 13.2 Å². The molecule has 4 aromatic heterocycles. The van der Waals surface area contributed by atoms with Crippen molar-refractivity contribution < 1.29 is 13.2 Å². The van der Waals surface area contributed by atoms with Crippen molar-refractivity contribution in [1.29, 1.82) is 0 Å². The fourth-order valence-corrected chi connectivity index (χ4v) is 4.19. The average molecular weight is 443 g/mol. The summed E-state index contributed by atoms with van der Waals surface area (Å²) in [7, 11) is 0. The van der Waals surface area contributed by atoms with Gasteiger partial charge in [-0.25, -0.2) is 9.97 Å². The summed E-state index contributed by atoms with van der Waals surface area (Å²) in [5, 5.41) is 0. The molecule has 2 N–H and O–H groups in total. The Kier molecular flexibility index (Phi) is 4.85. The number of imidazole rings is 1. The van der Waals surface area contributed by atoms with Gasteiger partial charge in [-0.15, -0.1) is 0 Å². The van der Waals surface area contributed by atoms with Crippen molar-refractivity contribution in [3.8, 4) is 0 Å². The first kappa shape index (κ1) is 20.4. The average Bonchev–Trinajstić information content (AvgIpc) is 3.21. The summed E-state index contributed by atoms with van der Waals surface area (Å²) in [5.74, 6) is 0.880. The van der Waals surface area contributed by atoms with Crippen LogP contribution >= 0.6 is 0 Å². The maximum absolute atomic E-state index is 13.2. The lowest BCUT2D eigenvalue weighted by Gasteiger charge is -2.35. The van der Waals surface area contributed by atoms with E-state index >= 15 is 0 Å². The van der Waals surface area contributed by atoms with E-state index in [0.717, 1.165) is 43.1 Å². The number of alkyl halides is 3.